The highest BCUT2D eigenvalue weighted by molar-refractivity contribution is 5.99. The number of hydrogen-bond donors (Lipinski definition) is 0. The molecule has 0 saturated heterocycles. The van der Waals surface area contributed by atoms with Crippen LogP contribution in [-0.2, 0) is 0 Å². The van der Waals surface area contributed by atoms with Gasteiger partial charge >= 0.3 is 0 Å². The van der Waals surface area contributed by atoms with Gasteiger partial charge in [0.25, 0.3) is 5.91 Å². The van der Waals surface area contributed by atoms with Crippen LogP contribution in [0.4, 0.5) is 0 Å². The minimum absolute atomic E-state index is 0.0867. The lowest BCUT2D eigenvalue weighted by Gasteiger charge is -2.04. The monoisotopic (exact) mass is 250 g/mol. The van der Waals surface area contributed by atoms with E-state index in [9.17, 15) is 4.79 Å². The zero-order valence-corrected chi connectivity index (χ0v) is 10.9. The normalized spacial score (nSPS) is 10.8. The summed E-state index contributed by atoms with van der Waals surface area (Å²) >= 11 is 0. The van der Waals surface area contributed by atoms with Crippen LogP contribution in [-0.4, -0.2) is 15.7 Å². The van der Waals surface area contributed by atoms with E-state index in [2.05, 4.69) is 5.10 Å². The van der Waals surface area contributed by atoms with Crippen molar-refractivity contribution in [3.8, 4) is 0 Å². The summed E-state index contributed by atoms with van der Waals surface area (Å²) in [6, 6.07) is 15.6. The van der Waals surface area contributed by atoms with Gasteiger partial charge in [0, 0.05) is 11.3 Å². The first-order valence-electron chi connectivity index (χ1n) is 6.22. The Morgan fingerprint density at radius 1 is 1.00 bits per heavy atom. The first-order valence-corrected chi connectivity index (χ1v) is 6.22. The molecule has 2 aromatic carbocycles. The lowest BCUT2D eigenvalue weighted by molar-refractivity contribution is 0.0942. The molecule has 0 aliphatic carbocycles. The summed E-state index contributed by atoms with van der Waals surface area (Å²) < 4.78 is 1.46. The van der Waals surface area contributed by atoms with E-state index in [1.165, 1.54) is 4.68 Å². The molecule has 0 saturated carbocycles. The Bertz CT molecular complexity index is 771. The van der Waals surface area contributed by atoms with Crippen LogP contribution >= 0.6 is 0 Å². The summed E-state index contributed by atoms with van der Waals surface area (Å²) in [7, 11) is 0. The maximum absolute atomic E-state index is 12.4. The van der Waals surface area contributed by atoms with Gasteiger partial charge in [-0.15, -0.1) is 0 Å². The molecule has 0 atom stereocenters. The molecule has 1 heterocycles. The second-order valence-electron chi connectivity index (χ2n) is 4.71. The highest BCUT2D eigenvalue weighted by Crippen LogP contribution is 2.17. The number of fused-ring (bicyclic) bond motifs is 1. The van der Waals surface area contributed by atoms with Crippen LogP contribution in [0.25, 0.3) is 10.8 Å². The first kappa shape index (κ1) is 11.7. The standard InChI is InChI=1S/C16H14N2O/c1-11-9-12(2)18(17-11)16(19)15-8-7-13-5-3-4-6-14(13)10-15/h3-10H,1-2H3. The van der Waals surface area contributed by atoms with E-state index < -0.39 is 0 Å². The Labute approximate surface area is 111 Å². The molecular formula is C16H14N2O. The predicted octanol–water partition coefficient (Wildman–Crippen LogP) is 3.34. The second kappa shape index (κ2) is 4.35. The van der Waals surface area contributed by atoms with E-state index in [4.69, 9.17) is 0 Å². The summed E-state index contributed by atoms with van der Waals surface area (Å²) in [5, 5.41) is 6.43. The molecule has 0 fully saturated rings. The largest absolute Gasteiger partial charge is 0.278 e. The fraction of sp³-hybridized carbons (Fsp3) is 0.125. The van der Waals surface area contributed by atoms with Gasteiger partial charge in [-0.25, -0.2) is 4.68 Å². The van der Waals surface area contributed by atoms with E-state index in [1.54, 1.807) is 0 Å². The predicted molar refractivity (Wildman–Crippen MR) is 75.4 cm³/mol. The van der Waals surface area contributed by atoms with E-state index in [-0.39, 0.29) is 5.91 Å². The van der Waals surface area contributed by atoms with Crippen molar-refractivity contribution in [2.45, 2.75) is 13.8 Å². The number of aryl methyl sites for hydroxylation is 2. The van der Waals surface area contributed by atoms with Crippen molar-refractivity contribution in [2.24, 2.45) is 0 Å². The van der Waals surface area contributed by atoms with Crippen LogP contribution in [0.3, 0.4) is 0 Å². The Morgan fingerprint density at radius 3 is 2.42 bits per heavy atom. The number of rotatable bonds is 1. The topological polar surface area (TPSA) is 34.9 Å². The maximum Gasteiger partial charge on any atom is 0.278 e. The van der Waals surface area contributed by atoms with Crippen LogP contribution < -0.4 is 0 Å². The summed E-state index contributed by atoms with van der Waals surface area (Å²) in [5.41, 5.74) is 2.37. The Balaban J connectivity index is 2.09. The van der Waals surface area contributed by atoms with Crippen molar-refractivity contribution in [1.29, 1.82) is 0 Å². The molecule has 94 valence electrons. The third-order valence-corrected chi connectivity index (χ3v) is 3.20. The molecule has 3 nitrogen and oxygen atoms in total. The van der Waals surface area contributed by atoms with Gasteiger partial charge in [-0.3, -0.25) is 4.79 Å². The SMILES string of the molecule is Cc1cc(C)n(C(=O)c2ccc3ccccc3c2)n1. The quantitative estimate of drug-likeness (QED) is 0.664. The first-order chi connectivity index (χ1) is 9.15. The van der Waals surface area contributed by atoms with Gasteiger partial charge < -0.3 is 0 Å². The summed E-state index contributed by atoms with van der Waals surface area (Å²) in [6.07, 6.45) is 0. The lowest BCUT2D eigenvalue weighted by atomic mass is 10.1. The fourth-order valence-electron chi connectivity index (χ4n) is 2.28. The number of benzene rings is 2. The third kappa shape index (κ3) is 2.03. The Morgan fingerprint density at radius 2 is 1.74 bits per heavy atom. The molecule has 0 aliphatic heterocycles. The fourth-order valence-corrected chi connectivity index (χ4v) is 2.28. The van der Waals surface area contributed by atoms with Crippen molar-refractivity contribution in [1.82, 2.24) is 9.78 Å². The second-order valence-corrected chi connectivity index (χ2v) is 4.71. The molecule has 1 aromatic heterocycles. The van der Waals surface area contributed by atoms with Gasteiger partial charge in [0.05, 0.1) is 5.69 Å². The smallest absolute Gasteiger partial charge is 0.267 e. The van der Waals surface area contributed by atoms with Crippen molar-refractivity contribution in [3.05, 3.63) is 65.5 Å². The van der Waals surface area contributed by atoms with E-state index in [0.717, 1.165) is 22.2 Å². The van der Waals surface area contributed by atoms with Gasteiger partial charge in [0.1, 0.15) is 0 Å². The van der Waals surface area contributed by atoms with Crippen molar-refractivity contribution in [2.75, 3.05) is 0 Å². The van der Waals surface area contributed by atoms with Crippen LogP contribution in [0.15, 0.2) is 48.5 Å². The molecule has 0 amide bonds. The zero-order valence-electron chi connectivity index (χ0n) is 10.9. The van der Waals surface area contributed by atoms with Gasteiger partial charge in [0.2, 0.25) is 0 Å². The van der Waals surface area contributed by atoms with Crippen LogP contribution in [0.2, 0.25) is 0 Å². The number of carbonyl (C=O) groups is 1. The number of carbonyl (C=O) groups excluding carboxylic acids is 1. The van der Waals surface area contributed by atoms with Gasteiger partial charge in [-0.2, -0.15) is 5.10 Å². The average molecular weight is 250 g/mol. The van der Waals surface area contributed by atoms with Gasteiger partial charge in [-0.05, 0) is 42.8 Å². The van der Waals surface area contributed by atoms with Crippen molar-refractivity contribution in [3.63, 3.8) is 0 Å². The van der Waals surface area contributed by atoms with Crippen molar-refractivity contribution >= 4 is 16.7 Å². The minimum atomic E-state index is -0.0867. The highest BCUT2D eigenvalue weighted by Gasteiger charge is 2.12. The number of hydrogen-bond acceptors (Lipinski definition) is 2. The molecule has 0 aliphatic rings. The lowest BCUT2D eigenvalue weighted by Crippen LogP contribution is -2.15. The van der Waals surface area contributed by atoms with E-state index in [1.807, 2.05) is 62.4 Å². The molecule has 3 heteroatoms. The molecule has 0 radical (unpaired) electrons. The molecule has 0 unspecified atom stereocenters. The van der Waals surface area contributed by atoms with Gasteiger partial charge in [-0.1, -0.05) is 30.3 Å². The van der Waals surface area contributed by atoms with E-state index in [0.29, 0.717) is 5.56 Å². The van der Waals surface area contributed by atoms with Crippen LogP contribution in [0, 0.1) is 13.8 Å². The molecule has 0 N–H and O–H groups in total. The Kier molecular flexibility index (Phi) is 2.67. The summed E-state index contributed by atoms with van der Waals surface area (Å²) in [5.74, 6) is -0.0867. The van der Waals surface area contributed by atoms with E-state index >= 15 is 0 Å². The minimum Gasteiger partial charge on any atom is -0.267 e. The maximum atomic E-state index is 12.4. The molecule has 19 heavy (non-hydrogen) atoms. The zero-order chi connectivity index (χ0) is 13.4. The van der Waals surface area contributed by atoms with Gasteiger partial charge in [0.15, 0.2) is 0 Å². The molecule has 0 bridgehead atoms. The third-order valence-electron chi connectivity index (χ3n) is 3.20. The van der Waals surface area contributed by atoms with Crippen LogP contribution in [0.5, 0.6) is 0 Å². The average Bonchev–Trinajstić information content (AvgIpc) is 2.76. The summed E-state index contributed by atoms with van der Waals surface area (Å²) in [6.45, 7) is 3.77. The molecule has 0 spiro atoms. The molecule has 3 aromatic rings. The van der Waals surface area contributed by atoms with Crippen LogP contribution in [0.1, 0.15) is 21.7 Å². The highest BCUT2D eigenvalue weighted by atomic mass is 16.2. The number of nitrogens with zero attached hydrogens (tertiary/aromatic N) is 2. The summed E-state index contributed by atoms with van der Waals surface area (Å²) in [4.78, 5) is 12.4. The Hall–Kier alpha value is -2.42. The number of aromatic nitrogens is 2. The molecular weight excluding hydrogens is 236 g/mol. The molecule has 3 rings (SSSR count). The van der Waals surface area contributed by atoms with Crippen molar-refractivity contribution < 1.29 is 4.79 Å².